The molecule has 2 aromatic rings. The molecule has 0 aliphatic carbocycles. The minimum Gasteiger partial charge on any atom is -0.370 e. The van der Waals surface area contributed by atoms with Crippen molar-refractivity contribution in [2.45, 2.75) is 6.54 Å². The van der Waals surface area contributed by atoms with Gasteiger partial charge in [0.25, 0.3) is 5.69 Å². The van der Waals surface area contributed by atoms with Crippen LogP contribution in [-0.4, -0.2) is 23.2 Å². The van der Waals surface area contributed by atoms with Crippen molar-refractivity contribution < 1.29 is 9.72 Å². The zero-order chi connectivity index (χ0) is 14.5. The molecule has 0 amide bonds. The Kier molecular flexibility index (Phi) is 4.05. The smallest absolute Gasteiger partial charge is 0.280 e. The molecule has 2 rings (SSSR count). The van der Waals surface area contributed by atoms with Gasteiger partial charge in [-0.05, 0) is 23.8 Å². The van der Waals surface area contributed by atoms with Crippen molar-refractivity contribution >= 4 is 17.7 Å². The maximum Gasteiger partial charge on any atom is 0.280 e. The average molecular weight is 271 g/mol. The van der Waals surface area contributed by atoms with Crippen molar-refractivity contribution in [1.82, 2.24) is 4.98 Å². The number of benzene rings is 1. The molecule has 0 saturated heterocycles. The van der Waals surface area contributed by atoms with Crippen molar-refractivity contribution in [3.05, 3.63) is 64.0 Å². The molecule has 1 aromatic carbocycles. The van der Waals surface area contributed by atoms with E-state index < -0.39 is 4.92 Å². The molecule has 0 radical (unpaired) electrons. The number of pyridine rings is 1. The monoisotopic (exact) mass is 271 g/mol. The zero-order valence-electron chi connectivity index (χ0n) is 10.9. The van der Waals surface area contributed by atoms with Crippen LogP contribution in [0, 0.1) is 10.1 Å². The Bertz CT molecular complexity index is 629. The van der Waals surface area contributed by atoms with Crippen LogP contribution >= 0.6 is 0 Å². The van der Waals surface area contributed by atoms with E-state index in [-0.39, 0.29) is 11.3 Å². The van der Waals surface area contributed by atoms with Crippen LogP contribution in [0.1, 0.15) is 15.9 Å². The van der Waals surface area contributed by atoms with Crippen LogP contribution in [0.25, 0.3) is 0 Å². The highest BCUT2D eigenvalue weighted by atomic mass is 16.6. The Morgan fingerprint density at radius 1 is 1.40 bits per heavy atom. The third-order valence-corrected chi connectivity index (χ3v) is 2.92. The van der Waals surface area contributed by atoms with Gasteiger partial charge in [0.1, 0.15) is 0 Å². The predicted octanol–water partition coefficient (Wildman–Crippen LogP) is 2.44. The minimum absolute atomic E-state index is 0.0746. The highest BCUT2D eigenvalue weighted by Gasteiger charge is 2.14. The standard InChI is InChI=1S/C14H13N3O3/c1-16(9-11-3-2-6-15-8-11)13-4-5-14(17(19)20)12(7-13)10-18/h2-8,10H,9H2,1H3. The molecule has 0 N–H and O–H groups in total. The number of hydrogen-bond donors (Lipinski definition) is 0. The second-order valence-corrected chi connectivity index (χ2v) is 4.34. The van der Waals surface area contributed by atoms with E-state index in [1.54, 1.807) is 18.5 Å². The lowest BCUT2D eigenvalue weighted by molar-refractivity contribution is -0.385. The highest BCUT2D eigenvalue weighted by molar-refractivity contribution is 5.83. The number of nitro groups is 1. The summed E-state index contributed by atoms with van der Waals surface area (Å²) in [5, 5.41) is 10.8. The molecule has 0 unspecified atom stereocenters. The van der Waals surface area contributed by atoms with E-state index >= 15 is 0 Å². The molecule has 0 atom stereocenters. The van der Waals surface area contributed by atoms with Crippen LogP contribution < -0.4 is 4.90 Å². The number of hydrogen-bond acceptors (Lipinski definition) is 5. The van der Waals surface area contributed by atoms with Crippen LogP contribution in [0.4, 0.5) is 11.4 Å². The molecular formula is C14H13N3O3. The van der Waals surface area contributed by atoms with Gasteiger partial charge in [0.05, 0.1) is 10.5 Å². The highest BCUT2D eigenvalue weighted by Crippen LogP contribution is 2.24. The molecule has 102 valence electrons. The summed E-state index contributed by atoms with van der Waals surface area (Å²) >= 11 is 0. The van der Waals surface area contributed by atoms with E-state index in [1.807, 2.05) is 24.1 Å². The van der Waals surface area contributed by atoms with Crippen LogP contribution in [0.15, 0.2) is 42.7 Å². The molecule has 0 fully saturated rings. The lowest BCUT2D eigenvalue weighted by atomic mass is 10.1. The minimum atomic E-state index is -0.561. The zero-order valence-corrected chi connectivity index (χ0v) is 10.9. The van der Waals surface area contributed by atoms with Gasteiger partial charge >= 0.3 is 0 Å². The summed E-state index contributed by atoms with van der Waals surface area (Å²) in [6.07, 6.45) is 3.95. The SMILES string of the molecule is CN(Cc1cccnc1)c1ccc([N+](=O)[O-])c(C=O)c1. The third kappa shape index (κ3) is 2.97. The van der Waals surface area contributed by atoms with Crippen molar-refractivity contribution in [2.75, 3.05) is 11.9 Å². The molecule has 0 aliphatic heterocycles. The summed E-state index contributed by atoms with van der Waals surface area (Å²) < 4.78 is 0. The fourth-order valence-corrected chi connectivity index (χ4v) is 1.90. The quantitative estimate of drug-likeness (QED) is 0.474. The molecule has 1 heterocycles. The molecule has 0 spiro atoms. The first-order valence-electron chi connectivity index (χ1n) is 5.95. The summed E-state index contributed by atoms with van der Waals surface area (Å²) in [7, 11) is 1.85. The first-order chi connectivity index (χ1) is 9.61. The van der Waals surface area contributed by atoms with Gasteiger partial charge in [0, 0.05) is 37.7 Å². The van der Waals surface area contributed by atoms with Crippen molar-refractivity contribution in [2.24, 2.45) is 0 Å². The first kappa shape index (κ1) is 13.7. The van der Waals surface area contributed by atoms with Gasteiger partial charge in [-0.25, -0.2) is 0 Å². The molecule has 1 aromatic heterocycles. The van der Waals surface area contributed by atoms with Gasteiger partial charge in [0.15, 0.2) is 6.29 Å². The van der Waals surface area contributed by atoms with Gasteiger partial charge < -0.3 is 4.90 Å². The summed E-state index contributed by atoms with van der Waals surface area (Å²) in [5.74, 6) is 0. The van der Waals surface area contributed by atoms with E-state index in [9.17, 15) is 14.9 Å². The van der Waals surface area contributed by atoms with E-state index in [4.69, 9.17) is 0 Å². The van der Waals surface area contributed by atoms with Gasteiger partial charge in [-0.2, -0.15) is 0 Å². The topological polar surface area (TPSA) is 76.3 Å². The number of aromatic nitrogens is 1. The summed E-state index contributed by atoms with van der Waals surface area (Å²) in [5.41, 5.74) is 1.65. The van der Waals surface area contributed by atoms with Crippen molar-refractivity contribution in [3.8, 4) is 0 Å². The van der Waals surface area contributed by atoms with Crippen molar-refractivity contribution in [3.63, 3.8) is 0 Å². The first-order valence-corrected chi connectivity index (χ1v) is 5.95. The predicted molar refractivity (Wildman–Crippen MR) is 74.8 cm³/mol. The maximum absolute atomic E-state index is 10.9. The number of nitro benzene ring substituents is 1. The van der Waals surface area contributed by atoms with Gasteiger partial charge in [-0.15, -0.1) is 0 Å². The number of anilines is 1. The number of rotatable bonds is 5. The molecule has 6 nitrogen and oxygen atoms in total. The number of aldehydes is 1. The Morgan fingerprint density at radius 3 is 2.80 bits per heavy atom. The van der Waals surface area contributed by atoms with Crippen LogP contribution in [0.3, 0.4) is 0 Å². The summed E-state index contributed by atoms with van der Waals surface area (Å²) in [6.45, 7) is 0.601. The maximum atomic E-state index is 10.9. The largest absolute Gasteiger partial charge is 0.370 e. The fraction of sp³-hybridized carbons (Fsp3) is 0.143. The Labute approximate surface area is 115 Å². The normalized spacial score (nSPS) is 10.1. The number of nitrogens with zero attached hydrogens (tertiary/aromatic N) is 3. The lowest BCUT2D eigenvalue weighted by Gasteiger charge is -2.19. The van der Waals surface area contributed by atoms with Crippen LogP contribution in [0.2, 0.25) is 0 Å². The number of carbonyl (C=O) groups excluding carboxylic acids is 1. The van der Waals surface area contributed by atoms with Gasteiger partial charge in [0.2, 0.25) is 0 Å². The second kappa shape index (κ2) is 5.92. The number of carbonyl (C=O) groups is 1. The fourth-order valence-electron chi connectivity index (χ4n) is 1.90. The van der Waals surface area contributed by atoms with Gasteiger partial charge in [-0.1, -0.05) is 6.07 Å². The Balaban J connectivity index is 2.24. The van der Waals surface area contributed by atoms with E-state index in [1.165, 1.54) is 12.1 Å². The molecule has 0 bridgehead atoms. The average Bonchev–Trinajstić information content (AvgIpc) is 2.47. The van der Waals surface area contributed by atoms with E-state index in [0.717, 1.165) is 11.3 Å². The second-order valence-electron chi connectivity index (χ2n) is 4.34. The molecule has 6 heteroatoms. The Hall–Kier alpha value is -2.76. The molecule has 0 saturated carbocycles. The molecule has 20 heavy (non-hydrogen) atoms. The van der Waals surface area contributed by atoms with E-state index in [0.29, 0.717) is 12.8 Å². The summed E-state index contributed by atoms with van der Waals surface area (Å²) in [4.78, 5) is 27.1. The van der Waals surface area contributed by atoms with Gasteiger partial charge in [-0.3, -0.25) is 19.9 Å². The van der Waals surface area contributed by atoms with Crippen molar-refractivity contribution in [1.29, 1.82) is 0 Å². The molecular weight excluding hydrogens is 258 g/mol. The lowest BCUT2D eigenvalue weighted by Crippen LogP contribution is -2.16. The van der Waals surface area contributed by atoms with Crippen LogP contribution in [-0.2, 0) is 6.54 Å². The molecule has 0 aliphatic rings. The van der Waals surface area contributed by atoms with E-state index in [2.05, 4.69) is 4.98 Å². The Morgan fingerprint density at radius 2 is 2.20 bits per heavy atom. The summed E-state index contributed by atoms with van der Waals surface area (Å²) in [6, 6.07) is 8.27. The third-order valence-electron chi connectivity index (χ3n) is 2.92. The van der Waals surface area contributed by atoms with Crippen LogP contribution in [0.5, 0.6) is 0 Å².